The third-order valence-electron chi connectivity index (χ3n) is 7.64. The highest BCUT2D eigenvalue weighted by atomic mass is 32.2. The second kappa shape index (κ2) is 15.0. The van der Waals surface area contributed by atoms with E-state index in [9.17, 15) is 18.0 Å². The van der Waals surface area contributed by atoms with Crippen molar-refractivity contribution in [2.75, 3.05) is 17.1 Å². The van der Waals surface area contributed by atoms with Crippen LogP contribution in [-0.2, 0) is 32.6 Å². The lowest BCUT2D eigenvalue weighted by molar-refractivity contribution is -0.141. The third-order valence-corrected chi connectivity index (χ3v) is 8.83. The topological polar surface area (TPSA) is 86.8 Å². The fraction of sp³-hybridized carbons (Fsp3) is 0.412. The van der Waals surface area contributed by atoms with E-state index in [2.05, 4.69) is 5.32 Å². The van der Waals surface area contributed by atoms with Crippen molar-refractivity contribution < 1.29 is 18.0 Å². The van der Waals surface area contributed by atoms with Gasteiger partial charge in [0.2, 0.25) is 21.8 Å². The van der Waals surface area contributed by atoms with E-state index >= 15 is 0 Å². The quantitative estimate of drug-likeness (QED) is 0.260. The molecule has 0 saturated heterocycles. The molecule has 3 aromatic rings. The maximum atomic E-state index is 14.0. The molecule has 8 heteroatoms. The lowest BCUT2D eigenvalue weighted by Crippen LogP contribution is -2.52. The number of sulfonamides is 1. The number of nitrogens with zero attached hydrogens (tertiary/aromatic N) is 2. The highest BCUT2D eigenvalue weighted by molar-refractivity contribution is 7.92. The zero-order valence-corrected chi connectivity index (χ0v) is 26.6. The molecule has 2 amide bonds. The molecule has 0 heterocycles. The fourth-order valence-electron chi connectivity index (χ4n) is 4.89. The van der Waals surface area contributed by atoms with Gasteiger partial charge in [-0.05, 0) is 74.9 Å². The van der Waals surface area contributed by atoms with Crippen LogP contribution < -0.4 is 9.62 Å². The van der Waals surface area contributed by atoms with E-state index in [1.165, 1.54) is 10.6 Å². The second-order valence-corrected chi connectivity index (χ2v) is 13.1. The monoisotopic (exact) mass is 591 g/mol. The van der Waals surface area contributed by atoms with Crippen molar-refractivity contribution in [3.63, 3.8) is 0 Å². The molecule has 3 aromatic carbocycles. The largest absolute Gasteiger partial charge is 0.352 e. The average molecular weight is 592 g/mol. The molecule has 0 aromatic heterocycles. The number of carbonyl (C=O) groups is 2. The Balaban J connectivity index is 1.90. The van der Waals surface area contributed by atoms with Crippen molar-refractivity contribution in [2.45, 2.75) is 78.9 Å². The molecule has 0 aliphatic heterocycles. The van der Waals surface area contributed by atoms with Crippen molar-refractivity contribution in [3.8, 4) is 0 Å². The van der Waals surface area contributed by atoms with Crippen LogP contribution in [0.15, 0.2) is 72.8 Å². The summed E-state index contributed by atoms with van der Waals surface area (Å²) < 4.78 is 26.8. The molecule has 0 saturated carbocycles. The molecular weight excluding hydrogens is 546 g/mol. The van der Waals surface area contributed by atoms with E-state index in [0.717, 1.165) is 34.2 Å². The standard InChI is InChI=1S/C34H45N3O4S/c1-7-28(5)35-34(39)32(23-29-14-9-8-10-15-29)36(24-30-16-11-13-25(2)21-30)33(38)17-12-20-37(42(6,40)41)31-19-18-26(3)27(4)22-31/h8-11,13-16,18-19,21-22,28,32H,7,12,17,20,23-24H2,1-6H3,(H,35,39)/t28-,32-/m0/s1. The van der Waals surface area contributed by atoms with Crippen molar-refractivity contribution in [1.82, 2.24) is 10.2 Å². The van der Waals surface area contributed by atoms with Gasteiger partial charge in [0.25, 0.3) is 0 Å². The van der Waals surface area contributed by atoms with E-state index < -0.39 is 16.1 Å². The van der Waals surface area contributed by atoms with Gasteiger partial charge in [0.05, 0.1) is 11.9 Å². The summed E-state index contributed by atoms with van der Waals surface area (Å²) in [7, 11) is -3.56. The third kappa shape index (κ3) is 9.44. The van der Waals surface area contributed by atoms with Gasteiger partial charge in [-0.15, -0.1) is 0 Å². The van der Waals surface area contributed by atoms with Crippen LogP contribution in [0.5, 0.6) is 0 Å². The van der Waals surface area contributed by atoms with E-state index in [0.29, 0.717) is 18.5 Å². The highest BCUT2D eigenvalue weighted by Gasteiger charge is 2.31. The number of nitrogens with one attached hydrogen (secondary N) is 1. The number of rotatable bonds is 14. The Bertz CT molecular complexity index is 1460. The van der Waals surface area contributed by atoms with Crippen molar-refractivity contribution in [2.24, 2.45) is 0 Å². The van der Waals surface area contributed by atoms with Crippen LogP contribution in [0, 0.1) is 20.8 Å². The van der Waals surface area contributed by atoms with Crippen LogP contribution in [0.25, 0.3) is 0 Å². The minimum atomic E-state index is -3.56. The summed E-state index contributed by atoms with van der Waals surface area (Å²) in [5, 5.41) is 3.09. The van der Waals surface area contributed by atoms with Crippen molar-refractivity contribution in [1.29, 1.82) is 0 Å². The lowest BCUT2D eigenvalue weighted by atomic mass is 10.0. The van der Waals surface area contributed by atoms with Gasteiger partial charge >= 0.3 is 0 Å². The number of carbonyl (C=O) groups excluding carboxylic acids is 2. The molecule has 0 spiro atoms. The van der Waals surface area contributed by atoms with Crippen LogP contribution in [0.2, 0.25) is 0 Å². The number of hydrogen-bond acceptors (Lipinski definition) is 4. The normalized spacial score (nSPS) is 12.8. The highest BCUT2D eigenvalue weighted by Crippen LogP contribution is 2.23. The Hall–Kier alpha value is -3.65. The summed E-state index contributed by atoms with van der Waals surface area (Å²) in [6.07, 6.45) is 2.75. The first-order valence-electron chi connectivity index (χ1n) is 14.6. The molecule has 42 heavy (non-hydrogen) atoms. The molecule has 7 nitrogen and oxygen atoms in total. The molecular formula is C34H45N3O4S. The zero-order valence-electron chi connectivity index (χ0n) is 25.8. The first-order valence-corrected chi connectivity index (χ1v) is 16.5. The number of hydrogen-bond donors (Lipinski definition) is 1. The predicted octanol–water partition coefficient (Wildman–Crippen LogP) is 5.71. The van der Waals surface area contributed by atoms with Gasteiger partial charge in [-0.3, -0.25) is 13.9 Å². The number of aryl methyl sites for hydroxylation is 3. The molecule has 226 valence electrons. The SMILES string of the molecule is CC[C@H](C)NC(=O)[C@H](Cc1ccccc1)N(Cc1cccc(C)c1)C(=O)CCCN(c1ccc(C)c(C)c1)S(C)(=O)=O. The minimum absolute atomic E-state index is 0.0343. The molecule has 0 unspecified atom stereocenters. The molecule has 0 radical (unpaired) electrons. The number of anilines is 1. The maximum Gasteiger partial charge on any atom is 0.243 e. The minimum Gasteiger partial charge on any atom is -0.352 e. The molecule has 2 atom stereocenters. The summed E-state index contributed by atoms with van der Waals surface area (Å²) in [4.78, 5) is 29.3. The molecule has 0 aliphatic rings. The van der Waals surface area contributed by atoms with E-state index in [4.69, 9.17) is 0 Å². The predicted molar refractivity (Wildman–Crippen MR) is 171 cm³/mol. The first kappa shape index (κ1) is 32.9. The smallest absolute Gasteiger partial charge is 0.243 e. The molecule has 3 rings (SSSR count). The molecule has 1 N–H and O–H groups in total. The van der Waals surface area contributed by atoms with Crippen LogP contribution in [-0.4, -0.2) is 50.0 Å². The Morgan fingerprint density at radius 2 is 1.57 bits per heavy atom. The summed E-state index contributed by atoms with van der Waals surface area (Å²) in [5.41, 5.74) is 5.62. The van der Waals surface area contributed by atoms with Gasteiger partial charge in [0.1, 0.15) is 6.04 Å². The Morgan fingerprint density at radius 1 is 0.881 bits per heavy atom. The summed E-state index contributed by atoms with van der Waals surface area (Å²) in [6.45, 7) is 10.3. The van der Waals surface area contributed by atoms with Gasteiger partial charge in [0.15, 0.2) is 0 Å². The van der Waals surface area contributed by atoms with Gasteiger partial charge < -0.3 is 10.2 Å². The maximum absolute atomic E-state index is 14.0. The van der Waals surface area contributed by atoms with E-state index in [-0.39, 0.29) is 37.4 Å². The Kier molecular flexibility index (Phi) is 11.7. The Morgan fingerprint density at radius 3 is 2.19 bits per heavy atom. The fourth-order valence-corrected chi connectivity index (χ4v) is 5.84. The summed E-state index contributed by atoms with van der Waals surface area (Å²) >= 11 is 0. The zero-order chi connectivity index (χ0) is 30.9. The molecule has 0 fully saturated rings. The van der Waals surface area contributed by atoms with Gasteiger partial charge in [0, 0.05) is 32.0 Å². The van der Waals surface area contributed by atoms with Crippen molar-refractivity contribution >= 4 is 27.5 Å². The van der Waals surface area contributed by atoms with E-state index in [1.54, 1.807) is 11.0 Å². The molecule has 0 bridgehead atoms. The first-order chi connectivity index (χ1) is 19.9. The van der Waals surface area contributed by atoms with Crippen LogP contribution in [0.1, 0.15) is 60.9 Å². The van der Waals surface area contributed by atoms with Gasteiger partial charge in [-0.25, -0.2) is 8.42 Å². The molecule has 0 aliphatic carbocycles. The van der Waals surface area contributed by atoms with Crippen LogP contribution in [0.3, 0.4) is 0 Å². The second-order valence-electron chi connectivity index (χ2n) is 11.2. The Labute approximate surface area is 252 Å². The summed E-state index contributed by atoms with van der Waals surface area (Å²) in [5.74, 6) is -0.382. The van der Waals surface area contributed by atoms with Crippen molar-refractivity contribution in [3.05, 3.63) is 101 Å². The van der Waals surface area contributed by atoms with Gasteiger partial charge in [-0.2, -0.15) is 0 Å². The van der Waals surface area contributed by atoms with E-state index in [1.807, 2.05) is 101 Å². The number of amides is 2. The summed E-state index contributed by atoms with van der Waals surface area (Å²) in [6, 6.07) is 22.5. The average Bonchev–Trinajstić information content (AvgIpc) is 2.94. The lowest BCUT2D eigenvalue weighted by Gasteiger charge is -2.33. The van der Waals surface area contributed by atoms with Crippen LogP contribution in [0.4, 0.5) is 5.69 Å². The van der Waals surface area contributed by atoms with Gasteiger partial charge in [-0.1, -0.05) is 73.2 Å². The van der Waals surface area contributed by atoms with Crippen LogP contribution >= 0.6 is 0 Å². The number of benzene rings is 3.